The van der Waals surface area contributed by atoms with E-state index in [1.165, 1.54) is 50.2 Å². The fourth-order valence-corrected chi connectivity index (χ4v) is 4.38. The molecule has 13 heteroatoms. The van der Waals surface area contributed by atoms with Gasteiger partial charge in [0.25, 0.3) is 5.56 Å². The predicted octanol–water partition coefficient (Wildman–Crippen LogP) is 5.47. The average molecular weight is 562 g/mol. The summed E-state index contributed by atoms with van der Waals surface area (Å²) in [6.07, 6.45) is 2.32. The highest BCUT2D eigenvalue weighted by atomic mass is 35.5. The number of aromatic nitrogens is 3. The van der Waals surface area contributed by atoms with Gasteiger partial charge in [0.05, 0.1) is 35.5 Å². The van der Waals surface area contributed by atoms with E-state index in [9.17, 15) is 18.4 Å². The molecular formula is C25H19Cl2F2N5O4. The lowest BCUT2D eigenvalue weighted by Crippen LogP contribution is -2.20. The van der Waals surface area contributed by atoms with Crippen LogP contribution < -0.4 is 25.7 Å². The van der Waals surface area contributed by atoms with Crippen LogP contribution in [0.1, 0.15) is 0 Å². The highest BCUT2D eigenvalue weighted by Gasteiger charge is 2.23. The summed E-state index contributed by atoms with van der Waals surface area (Å²) in [5.74, 6) is -2.75. The molecule has 0 bridgehead atoms. The molecule has 4 rings (SSSR count). The lowest BCUT2D eigenvalue weighted by atomic mass is 10.0. The number of fused-ring (bicyclic) bond motifs is 1. The number of halogens is 4. The first-order chi connectivity index (χ1) is 18.1. The van der Waals surface area contributed by atoms with Crippen molar-refractivity contribution >= 4 is 57.5 Å². The van der Waals surface area contributed by atoms with Gasteiger partial charge < -0.3 is 20.1 Å². The highest BCUT2D eigenvalue weighted by molar-refractivity contribution is 6.41. The Morgan fingerprint density at radius 3 is 2.39 bits per heavy atom. The Kier molecular flexibility index (Phi) is 7.51. The largest absolute Gasteiger partial charge is 0.495 e. The first-order valence-corrected chi connectivity index (χ1v) is 11.5. The topological polar surface area (TPSA) is 107 Å². The van der Waals surface area contributed by atoms with Gasteiger partial charge in [-0.3, -0.25) is 14.2 Å². The Morgan fingerprint density at radius 2 is 1.79 bits per heavy atom. The molecule has 2 aromatic carbocycles. The fraction of sp³-hybridized carbons (Fsp3) is 0.120. The monoisotopic (exact) mass is 561 g/mol. The van der Waals surface area contributed by atoms with Crippen LogP contribution in [0.5, 0.6) is 11.5 Å². The lowest BCUT2D eigenvalue weighted by molar-refractivity contribution is -0.111. The van der Waals surface area contributed by atoms with Crippen LogP contribution in [-0.2, 0) is 11.8 Å². The number of hydrogen-bond acceptors (Lipinski definition) is 7. The van der Waals surface area contributed by atoms with Crippen LogP contribution in [0.3, 0.4) is 0 Å². The summed E-state index contributed by atoms with van der Waals surface area (Å²) < 4.78 is 40.1. The third kappa shape index (κ3) is 4.73. The van der Waals surface area contributed by atoms with E-state index in [-0.39, 0.29) is 50.0 Å². The van der Waals surface area contributed by atoms with E-state index in [0.29, 0.717) is 5.39 Å². The van der Waals surface area contributed by atoms with Crippen LogP contribution in [0.2, 0.25) is 10.0 Å². The third-order valence-electron chi connectivity index (χ3n) is 5.57. The van der Waals surface area contributed by atoms with Gasteiger partial charge >= 0.3 is 0 Å². The Labute approximate surface area is 224 Å². The second-order valence-electron chi connectivity index (χ2n) is 7.78. The van der Waals surface area contributed by atoms with Crippen molar-refractivity contribution in [2.75, 3.05) is 24.9 Å². The maximum atomic E-state index is 14.4. The van der Waals surface area contributed by atoms with E-state index in [1.807, 2.05) is 0 Å². The minimum absolute atomic E-state index is 0.0258. The zero-order valence-electron chi connectivity index (χ0n) is 20.2. The van der Waals surface area contributed by atoms with Crippen LogP contribution in [0.4, 0.5) is 26.1 Å². The molecule has 2 heterocycles. The maximum absolute atomic E-state index is 14.4. The van der Waals surface area contributed by atoms with Crippen molar-refractivity contribution < 1.29 is 23.0 Å². The van der Waals surface area contributed by atoms with E-state index < -0.39 is 28.8 Å². The molecule has 4 aromatic rings. The Hall–Kier alpha value is -4.22. The number of nitrogens with one attached hydrogen (secondary N) is 2. The van der Waals surface area contributed by atoms with Crippen LogP contribution >= 0.6 is 23.2 Å². The minimum Gasteiger partial charge on any atom is -0.495 e. The molecular weight excluding hydrogens is 543 g/mol. The van der Waals surface area contributed by atoms with Crippen molar-refractivity contribution in [1.82, 2.24) is 14.5 Å². The normalized spacial score (nSPS) is 10.8. The predicted molar refractivity (Wildman–Crippen MR) is 142 cm³/mol. The van der Waals surface area contributed by atoms with Crippen molar-refractivity contribution in [1.29, 1.82) is 0 Å². The van der Waals surface area contributed by atoms with E-state index in [1.54, 1.807) is 0 Å². The number of pyridine rings is 1. The number of rotatable bonds is 7. The Morgan fingerprint density at radius 1 is 1.13 bits per heavy atom. The smallest absolute Gasteiger partial charge is 0.259 e. The van der Waals surface area contributed by atoms with E-state index in [0.717, 1.165) is 12.1 Å². The molecule has 0 saturated heterocycles. The number of ether oxygens (including phenoxy) is 2. The van der Waals surface area contributed by atoms with Gasteiger partial charge in [-0.2, -0.15) is 4.98 Å². The molecule has 0 aliphatic heterocycles. The van der Waals surface area contributed by atoms with E-state index in [4.69, 9.17) is 32.7 Å². The molecule has 0 saturated carbocycles. The summed E-state index contributed by atoms with van der Waals surface area (Å²) in [5, 5.41) is 5.61. The summed E-state index contributed by atoms with van der Waals surface area (Å²) in [5.41, 5.74) is -0.419. The number of hydrogen-bond donors (Lipinski definition) is 2. The quantitative estimate of drug-likeness (QED) is 0.288. The zero-order valence-corrected chi connectivity index (χ0v) is 21.7. The summed E-state index contributed by atoms with van der Waals surface area (Å²) in [7, 11) is 4.32. The Balaban J connectivity index is 1.84. The van der Waals surface area contributed by atoms with Gasteiger partial charge in [0.15, 0.2) is 11.6 Å². The molecule has 0 spiro atoms. The molecule has 1 amide bonds. The Bertz CT molecular complexity index is 1650. The number of nitrogens with zero attached hydrogens (tertiary/aromatic N) is 3. The van der Waals surface area contributed by atoms with Gasteiger partial charge in [0, 0.05) is 30.3 Å². The number of carbonyl (C=O) groups is 1. The van der Waals surface area contributed by atoms with Crippen molar-refractivity contribution in [3.63, 3.8) is 0 Å². The molecule has 0 unspecified atom stereocenters. The SMILES string of the molecule is C=CC(=O)Nc1c(Nc2ncc3cc(-c4c(Cl)c(OC)cc(OC)c4Cl)c(=O)n(C)c3n2)ccc(F)c1F. The fourth-order valence-electron chi connectivity index (χ4n) is 3.68. The van der Waals surface area contributed by atoms with Gasteiger partial charge in [-0.15, -0.1) is 0 Å². The number of carbonyl (C=O) groups excluding carboxylic acids is 1. The van der Waals surface area contributed by atoms with Crippen LogP contribution in [0, 0.1) is 11.6 Å². The standard InChI is InChI=1S/C25H19Cl2F2N5O4/c1-5-17(35)32-22-14(7-6-13(28)21(22)29)31-25-30-10-11-8-12(24(36)34(2)23(11)33-25)18-19(26)15(37-3)9-16(38-4)20(18)27/h5-10H,1H2,2-4H3,(H,32,35)(H,30,31,33). The van der Waals surface area contributed by atoms with Gasteiger partial charge in [0.2, 0.25) is 11.9 Å². The first kappa shape index (κ1) is 26.8. The van der Waals surface area contributed by atoms with Gasteiger partial charge in [-0.05, 0) is 24.3 Å². The minimum atomic E-state index is -1.29. The van der Waals surface area contributed by atoms with E-state index in [2.05, 4.69) is 27.2 Å². The molecule has 0 aliphatic carbocycles. The van der Waals surface area contributed by atoms with Crippen molar-refractivity contribution in [3.05, 3.63) is 75.2 Å². The number of amides is 1. The summed E-state index contributed by atoms with van der Waals surface area (Å²) >= 11 is 13.0. The molecule has 2 aromatic heterocycles. The summed E-state index contributed by atoms with van der Waals surface area (Å²) in [6.45, 7) is 3.30. The van der Waals surface area contributed by atoms with Crippen molar-refractivity contribution in [2.24, 2.45) is 7.05 Å². The van der Waals surface area contributed by atoms with Gasteiger partial charge in [-0.1, -0.05) is 29.8 Å². The number of aryl methyl sites for hydroxylation is 1. The van der Waals surface area contributed by atoms with E-state index >= 15 is 0 Å². The molecule has 0 aliphatic rings. The zero-order chi connectivity index (χ0) is 27.7. The third-order valence-corrected chi connectivity index (χ3v) is 6.32. The molecule has 0 fully saturated rings. The second-order valence-corrected chi connectivity index (χ2v) is 8.54. The van der Waals surface area contributed by atoms with Crippen LogP contribution in [-0.4, -0.2) is 34.7 Å². The number of benzene rings is 2. The van der Waals surface area contributed by atoms with Crippen molar-refractivity contribution in [3.8, 4) is 22.6 Å². The average Bonchev–Trinajstić information content (AvgIpc) is 2.91. The molecule has 196 valence electrons. The maximum Gasteiger partial charge on any atom is 0.259 e. The van der Waals surface area contributed by atoms with Gasteiger partial charge in [0.1, 0.15) is 22.8 Å². The lowest BCUT2D eigenvalue weighted by Gasteiger charge is -2.16. The molecule has 2 N–H and O–H groups in total. The van der Waals surface area contributed by atoms with Crippen LogP contribution in [0.25, 0.3) is 22.2 Å². The molecule has 9 nitrogen and oxygen atoms in total. The first-order valence-electron chi connectivity index (χ1n) is 10.8. The molecule has 0 atom stereocenters. The molecule has 38 heavy (non-hydrogen) atoms. The number of methoxy groups -OCH3 is 2. The second kappa shape index (κ2) is 10.6. The van der Waals surface area contributed by atoms with Crippen LogP contribution in [0.15, 0.2) is 47.9 Å². The summed E-state index contributed by atoms with van der Waals surface area (Å²) in [6, 6.07) is 5.10. The highest BCUT2D eigenvalue weighted by Crippen LogP contribution is 2.45. The molecule has 0 radical (unpaired) electrons. The summed E-state index contributed by atoms with van der Waals surface area (Å²) in [4.78, 5) is 33.7. The van der Waals surface area contributed by atoms with Gasteiger partial charge in [-0.25, -0.2) is 13.8 Å². The van der Waals surface area contributed by atoms with Crippen molar-refractivity contribution in [2.45, 2.75) is 0 Å². The number of anilines is 3.